The maximum atomic E-state index is 13.1. The van der Waals surface area contributed by atoms with Crippen LogP contribution in [-0.2, 0) is 7.05 Å². The first-order chi connectivity index (χ1) is 11.6. The van der Waals surface area contributed by atoms with E-state index in [1.54, 1.807) is 0 Å². The van der Waals surface area contributed by atoms with Crippen molar-refractivity contribution in [1.29, 1.82) is 0 Å². The lowest BCUT2D eigenvalue weighted by Gasteiger charge is -2.00. The van der Waals surface area contributed by atoms with Gasteiger partial charge < -0.3 is 28.7 Å². The highest BCUT2D eigenvalue weighted by Gasteiger charge is 2.13. The summed E-state index contributed by atoms with van der Waals surface area (Å²) in [5.41, 5.74) is 1.77. The molecule has 2 heterocycles. The van der Waals surface area contributed by atoms with E-state index < -0.39 is 11.6 Å². The lowest BCUT2D eigenvalue weighted by molar-refractivity contribution is -0.671. The molecular formula is C17H12F2IN3OS. The van der Waals surface area contributed by atoms with E-state index in [0.717, 1.165) is 35.5 Å². The average molecular weight is 471 g/mol. The van der Waals surface area contributed by atoms with Crippen LogP contribution >= 0.6 is 11.7 Å². The van der Waals surface area contributed by atoms with Gasteiger partial charge in [0.1, 0.15) is 18.7 Å². The van der Waals surface area contributed by atoms with Crippen molar-refractivity contribution < 1.29 is 42.1 Å². The quantitative estimate of drug-likeness (QED) is 0.301. The van der Waals surface area contributed by atoms with Gasteiger partial charge >= 0.3 is 0 Å². The molecule has 8 heteroatoms. The molecule has 0 saturated heterocycles. The molecular weight excluding hydrogens is 459 g/mol. The predicted molar refractivity (Wildman–Crippen MR) is 85.3 cm³/mol. The lowest BCUT2D eigenvalue weighted by Crippen LogP contribution is -3.00. The summed E-state index contributed by atoms with van der Waals surface area (Å²) in [6, 6.07) is 6.93. The summed E-state index contributed by atoms with van der Waals surface area (Å²) in [5, 5.41) is 0. The van der Waals surface area contributed by atoms with Crippen molar-refractivity contribution in [2.75, 3.05) is 6.61 Å². The molecule has 0 fully saturated rings. The number of nitrogens with zero attached hydrogens (tertiary/aromatic N) is 3. The van der Waals surface area contributed by atoms with Crippen molar-refractivity contribution in [2.45, 2.75) is 0 Å². The maximum absolute atomic E-state index is 13.1. The highest BCUT2D eigenvalue weighted by atomic mass is 127. The molecule has 128 valence electrons. The number of hydrogen-bond donors (Lipinski definition) is 0. The van der Waals surface area contributed by atoms with Crippen molar-refractivity contribution in [3.8, 4) is 29.0 Å². The Bertz CT molecular complexity index is 917. The minimum atomic E-state index is -0.664. The van der Waals surface area contributed by atoms with E-state index in [9.17, 15) is 8.78 Å². The zero-order valence-electron chi connectivity index (χ0n) is 13.0. The maximum Gasteiger partial charge on any atom is 0.255 e. The summed E-state index contributed by atoms with van der Waals surface area (Å²) in [5.74, 6) is 4.42. The van der Waals surface area contributed by atoms with Gasteiger partial charge in [-0.2, -0.15) is 4.37 Å². The molecule has 0 aliphatic heterocycles. The second-order valence-electron chi connectivity index (χ2n) is 4.92. The van der Waals surface area contributed by atoms with Gasteiger partial charge in [-0.1, -0.05) is 11.8 Å². The summed E-state index contributed by atoms with van der Waals surface area (Å²) in [4.78, 5) is 0. The van der Waals surface area contributed by atoms with E-state index in [-0.39, 0.29) is 36.1 Å². The SMILES string of the molecule is C[n+]1cccc(-c2nsnc2OCC#Cc2cc(F)cc(F)c2)c1.[I-]. The average Bonchev–Trinajstić information content (AvgIpc) is 2.99. The Labute approximate surface area is 164 Å². The Kier molecular flexibility index (Phi) is 6.78. The van der Waals surface area contributed by atoms with Gasteiger partial charge in [-0.25, -0.2) is 13.3 Å². The second-order valence-corrected chi connectivity index (χ2v) is 5.45. The lowest BCUT2D eigenvalue weighted by atomic mass is 10.2. The van der Waals surface area contributed by atoms with Crippen LogP contribution in [0.5, 0.6) is 5.88 Å². The molecule has 0 spiro atoms. The molecule has 0 saturated carbocycles. The van der Waals surface area contributed by atoms with Crippen LogP contribution in [0.2, 0.25) is 0 Å². The number of aromatic nitrogens is 3. The van der Waals surface area contributed by atoms with Gasteiger partial charge in [0, 0.05) is 17.7 Å². The van der Waals surface area contributed by atoms with Gasteiger partial charge in [-0.05, 0) is 18.2 Å². The largest absolute Gasteiger partial charge is 1.00 e. The topological polar surface area (TPSA) is 38.9 Å². The van der Waals surface area contributed by atoms with Crippen LogP contribution in [0.3, 0.4) is 0 Å². The van der Waals surface area contributed by atoms with Gasteiger partial charge in [0.2, 0.25) is 0 Å². The summed E-state index contributed by atoms with van der Waals surface area (Å²) in [6.07, 6.45) is 3.82. The fourth-order valence-electron chi connectivity index (χ4n) is 2.05. The van der Waals surface area contributed by atoms with Crippen molar-refractivity contribution in [2.24, 2.45) is 7.05 Å². The molecule has 0 aliphatic rings. The number of halogens is 3. The van der Waals surface area contributed by atoms with Gasteiger partial charge in [-0.3, -0.25) is 0 Å². The molecule has 3 rings (SSSR count). The molecule has 0 N–H and O–H groups in total. The van der Waals surface area contributed by atoms with Crippen LogP contribution < -0.4 is 33.3 Å². The Morgan fingerprint density at radius 2 is 1.96 bits per heavy atom. The van der Waals surface area contributed by atoms with Crippen molar-refractivity contribution in [3.05, 3.63) is 59.9 Å². The van der Waals surface area contributed by atoms with E-state index >= 15 is 0 Å². The van der Waals surface area contributed by atoms with Gasteiger partial charge in [0.05, 0.1) is 17.3 Å². The first-order valence-electron chi connectivity index (χ1n) is 6.98. The van der Waals surface area contributed by atoms with Crippen LogP contribution in [0.15, 0.2) is 42.7 Å². The molecule has 0 aliphatic carbocycles. The summed E-state index contributed by atoms with van der Waals surface area (Å²) >= 11 is 1.04. The van der Waals surface area contributed by atoms with Gasteiger partial charge in [0.15, 0.2) is 24.7 Å². The van der Waals surface area contributed by atoms with Crippen LogP contribution in [0.25, 0.3) is 11.3 Å². The Morgan fingerprint density at radius 3 is 2.68 bits per heavy atom. The van der Waals surface area contributed by atoms with E-state index in [1.807, 2.05) is 36.1 Å². The normalized spacial score (nSPS) is 9.72. The third kappa shape index (κ3) is 5.17. The molecule has 3 aromatic rings. The monoisotopic (exact) mass is 471 g/mol. The van der Waals surface area contributed by atoms with Gasteiger partial charge in [0.25, 0.3) is 5.88 Å². The molecule has 0 amide bonds. The van der Waals surface area contributed by atoms with E-state index in [0.29, 0.717) is 11.6 Å². The van der Waals surface area contributed by atoms with Crippen molar-refractivity contribution >= 4 is 11.7 Å². The Morgan fingerprint density at radius 1 is 1.20 bits per heavy atom. The van der Waals surface area contributed by atoms with Crippen molar-refractivity contribution in [3.63, 3.8) is 0 Å². The summed E-state index contributed by atoms with van der Waals surface area (Å²) in [6.45, 7) is 0.0372. The van der Waals surface area contributed by atoms with Crippen LogP contribution in [0.1, 0.15) is 5.56 Å². The fourth-order valence-corrected chi connectivity index (χ4v) is 2.57. The molecule has 4 nitrogen and oxygen atoms in total. The summed E-state index contributed by atoms with van der Waals surface area (Å²) < 4.78 is 41.9. The zero-order chi connectivity index (χ0) is 16.9. The number of pyridine rings is 1. The molecule has 1 aromatic carbocycles. The summed E-state index contributed by atoms with van der Waals surface area (Å²) in [7, 11) is 1.91. The van der Waals surface area contributed by atoms with E-state index in [4.69, 9.17) is 4.74 Å². The smallest absolute Gasteiger partial charge is 0.255 e. The van der Waals surface area contributed by atoms with E-state index in [2.05, 4.69) is 20.6 Å². The number of rotatable bonds is 3. The van der Waals surface area contributed by atoms with E-state index in [1.165, 1.54) is 0 Å². The van der Waals surface area contributed by atoms with Crippen LogP contribution in [0, 0.1) is 23.5 Å². The number of benzene rings is 1. The third-order valence-corrected chi connectivity index (χ3v) is 3.56. The predicted octanol–water partition coefficient (Wildman–Crippen LogP) is -0.258. The molecule has 0 radical (unpaired) electrons. The van der Waals surface area contributed by atoms with Gasteiger partial charge in [-0.15, -0.1) is 4.37 Å². The molecule has 2 aromatic heterocycles. The molecule has 25 heavy (non-hydrogen) atoms. The number of aryl methyl sites for hydroxylation is 1. The first-order valence-corrected chi connectivity index (χ1v) is 7.71. The molecule has 0 atom stereocenters. The Hall–Kier alpha value is -2.12. The number of hydrogen-bond acceptors (Lipinski definition) is 4. The minimum absolute atomic E-state index is 0. The van der Waals surface area contributed by atoms with Crippen LogP contribution in [0.4, 0.5) is 8.78 Å². The zero-order valence-corrected chi connectivity index (χ0v) is 16.0. The fraction of sp³-hybridized carbons (Fsp3) is 0.118. The highest BCUT2D eigenvalue weighted by Crippen LogP contribution is 2.26. The number of ether oxygens (including phenoxy) is 1. The van der Waals surface area contributed by atoms with Crippen molar-refractivity contribution in [1.82, 2.24) is 8.75 Å². The molecule has 0 unspecified atom stereocenters. The second kappa shape index (κ2) is 8.82. The Balaban J connectivity index is 0.00000225. The highest BCUT2D eigenvalue weighted by molar-refractivity contribution is 6.99. The third-order valence-electron chi connectivity index (χ3n) is 3.05. The minimum Gasteiger partial charge on any atom is -1.00 e. The first kappa shape index (κ1) is 19.2. The standard InChI is InChI=1S/C17H12F2N3OS.HI/c1-22-6-2-5-13(11-22)16-17(21-24-20-16)23-7-3-4-12-8-14(18)10-15(19)9-12;/h2,5-6,8-11H,7H2,1H3;1H/q+1;/p-1. The molecule has 0 bridgehead atoms. The van der Waals surface area contributed by atoms with Crippen LogP contribution in [-0.4, -0.2) is 15.4 Å².